The van der Waals surface area contributed by atoms with E-state index in [1.807, 2.05) is 0 Å². The van der Waals surface area contributed by atoms with Gasteiger partial charge in [0.1, 0.15) is 4.90 Å². The van der Waals surface area contributed by atoms with Crippen LogP contribution >= 0.6 is 23.2 Å². The van der Waals surface area contributed by atoms with Gasteiger partial charge in [-0.1, -0.05) is 23.2 Å². The molecule has 0 saturated carbocycles. The van der Waals surface area contributed by atoms with Crippen LogP contribution in [0.1, 0.15) is 5.56 Å². The van der Waals surface area contributed by atoms with E-state index in [1.165, 1.54) is 57.7 Å². The lowest BCUT2D eigenvalue weighted by atomic mass is 10.2. The number of benzene rings is 2. The molecule has 0 unspecified atom stereocenters. The number of nitrogens with one attached hydrogen (secondary N) is 1. The van der Waals surface area contributed by atoms with E-state index in [2.05, 4.69) is 9.46 Å². The van der Waals surface area contributed by atoms with Crippen LogP contribution in [0, 0.1) is 0 Å². The molecule has 150 valence electrons. The Morgan fingerprint density at radius 2 is 1.64 bits per heavy atom. The summed E-state index contributed by atoms with van der Waals surface area (Å²) in [4.78, 5) is 11.1. The standard InChI is InChI=1S/C18H17Cl2NO6S/c1-25-15-6-11(4-5-17(22)26-2)7-16(18(15)27-3)28(23,24)21-14-9-12(19)8-13(20)10-14/h4-10,21H,1-3H3. The van der Waals surface area contributed by atoms with Crippen molar-refractivity contribution in [2.45, 2.75) is 4.90 Å². The fourth-order valence-corrected chi connectivity index (χ4v) is 4.08. The van der Waals surface area contributed by atoms with E-state index in [1.54, 1.807) is 0 Å². The van der Waals surface area contributed by atoms with Gasteiger partial charge in [-0.3, -0.25) is 4.72 Å². The van der Waals surface area contributed by atoms with Crippen LogP contribution in [-0.2, 0) is 19.6 Å². The Balaban J connectivity index is 2.56. The number of rotatable bonds is 7. The quantitative estimate of drug-likeness (QED) is 0.511. The monoisotopic (exact) mass is 445 g/mol. The Labute approximate surface area is 172 Å². The minimum absolute atomic E-state index is 0.00153. The zero-order valence-corrected chi connectivity index (χ0v) is 17.5. The van der Waals surface area contributed by atoms with Crippen LogP contribution in [0.4, 0.5) is 5.69 Å². The van der Waals surface area contributed by atoms with E-state index in [-0.39, 0.29) is 32.1 Å². The van der Waals surface area contributed by atoms with E-state index in [0.29, 0.717) is 5.56 Å². The summed E-state index contributed by atoms with van der Waals surface area (Å²) < 4.78 is 43.3. The number of sulfonamides is 1. The van der Waals surface area contributed by atoms with Gasteiger partial charge in [-0.25, -0.2) is 13.2 Å². The van der Waals surface area contributed by atoms with Crippen molar-refractivity contribution < 1.29 is 27.4 Å². The number of methoxy groups -OCH3 is 3. The van der Waals surface area contributed by atoms with E-state index in [9.17, 15) is 13.2 Å². The first-order valence-corrected chi connectivity index (χ1v) is 9.95. The molecule has 0 fully saturated rings. The van der Waals surface area contributed by atoms with Crippen molar-refractivity contribution in [3.8, 4) is 11.5 Å². The third kappa shape index (κ3) is 5.31. The molecule has 0 aliphatic carbocycles. The van der Waals surface area contributed by atoms with Crippen LogP contribution in [-0.4, -0.2) is 35.7 Å². The molecule has 0 atom stereocenters. The molecule has 28 heavy (non-hydrogen) atoms. The summed E-state index contributed by atoms with van der Waals surface area (Å²) in [6, 6.07) is 7.15. The lowest BCUT2D eigenvalue weighted by molar-refractivity contribution is -0.134. The number of ether oxygens (including phenoxy) is 3. The fraction of sp³-hybridized carbons (Fsp3) is 0.167. The molecule has 0 heterocycles. The zero-order chi connectivity index (χ0) is 20.9. The van der Waals surface area contributed by atoms with Gasteiger partial charge in [-0.15, -0.1) is 0 Å². The largest absolute Gasteiger partial charge is 0.493 e. The van der Waals surface area contributed by atoms with Crippen molar-refractivity contribution in [1.29, 1.82) is 0 Å². The second-order valence-corrected chi connectivity index (χ2v) is 7.90. The number of halogens is 2. The van der Waals surface area contributed by atoms with Gasteiger partial charge in [-0.05, 0) is 42.0 Å². The minimum atomic E-state index is -4.11. The number of hydrogen-bond donors (Lipinski definition) is 1. The molecule has 2 aromatic carbocycles. The van der Waals surface area contributed by atoms with Gasteiger partial charge in [-0.2, -0.15) is 0 Å². The molecule has 0 amide bonds. The smallest absolute Gasteiger partial charge is 0.330 e. The van der Waals surface area contributed by atoms with E-state index < -0.39 is 16.0 Å². The molecule has 0 radical (unpaired) electrons. The third-order valence-electron chi connectivity index (χ3n) is 3.48. The normalized spacial score (nSPS) is 11.3. The summed E-state index contributed by atoms with van der Waals surface area (Å²) in [7, 11) is -0.194. The lowest BCUT2D eigenvalue weighted by Gasteiger charge is -2.16. The number of carbonyl (C=O) groups is 1. The van der Waals surface area contributed by atoms with Crippen molar-refractivity contribution in [2.24, 2.45) is 0 Å². The molecule has 0 bridgehead atoms. The van der Waals surface area contributed by atoms with Gasteiger partial charge in [0.2, 0.25) is 0 Å². The molecule has 2 aromatic rings. The SMILES string of the molecule is COC(=O)C=Cc1cc(OC)c(OC)c(S(=O)(=O)Nc2cc(Cl)cc(Cl)c2)c1. The maximum Gasteiger partial charge on any atom is 0.330 e. The van der Waals surface area contributed by atoms with Crippen LogP contribution in [0.5, 0.6) is 11.5 Å². The summed E-state index contributed by atoms with van der Waals surface area (Å²) in [5, 5.41) is 0.536. The first-order chi connectivity index (χ1) is 13.2. The van der Waals surface area contributed by atoms with E-state index >= 15 is 0 Å². The highest BCUT2D eigenvalue weighted by molar-refractivity contribution is 7.92. The second kappa shape index (κ2) is 9.18. The molecule has 0 saturated heterocycles. The van der Waals surface area contributed by atoms with Crippen molar-refractivity contribution in [1.82, 2.24) is 0 Å². The molecule has 0 spiro atoms. The van der Waals surface area contributed by atoms with Crippen molar-refractivity contribution >= 4 is 51.0 Å². The predicted octanol–water partition coefficient (Wildman–Crippen LogP) is 4.00. The van der Waals surface area contributed by atoms with E-state index in [0.717, 1.165) is 6.08 Å². The Bertz CT molecular complexity index is 1000. The summed E-state index contributed by atoms with van der Waals surface area (Å²) in [6.45, 7) is 0. The Hall–Kier alpha value is -2.42. The van der Waals surface area contributed by atoms with Crippen molar-refractivity contribution in [3.05, 3.63) is 52.0 Å². The molecule has 0 aromatic heterocycles. The molecule has 1 N–H and O–H groups in total. The number of esters is 1. The average Bonchev–Trinajstić information content (AvgIpc) is 2.63. The maximum absolute atomic E-state index is 13.0. The lowest BCUT2D eigenvalue weighted by Crippen LogP contribution is -2.15. The molecule has 10 heteroatoms. The van der Waals surface area contributed by atoms with Crippen molar-refractivity contribution in [2.75, 3.05) is 26.1 Å². The molecule has 0 aliphatic rings. The maximum atomic E-state index is 13.0. The highest BCUT2D eigenvalue weighted by Gasteiger charge is 2.24. The summed E-state index contributed by atoms with van der Waals surface area (Å²) in [5.74, 6) is -0.428. The first kappa shape index (κ1) is 21.9. The van der Waals surface area contributed by atoms with Crippen LogP contribution < -0.4 is 14.2 Å². The minimum Gasteiger partial charge on any atom is -0.493 e. The van der Waals surface area contributed by atoms with Crippen LogP contribution in [0.2, 0.25) is 10.0 Å². The number of carbonyl (C=O) groups excluding carboxylic acids is 1. The van der Waals surface area contributed by atoms with Crippen LogP contribution in [0.15, 0.2) is 41.3 Å². The Morgan fingerprint density at radius 1 is 1.00 bits per heavy atom. The molecule has 0 aliphatic heterocycles. The highest BCUT2D eigenvalue weighted by atomic mass is 35.5. The molecule has 2 rings (SSSR count). The Kier molecular flexibility index (Phi) is 7.17. The summed E-state index contributed by atoms with van der Waals surface area (Å²) in [5.41, 5.74) is 0.557. The highest BCUT2D eigenvalue weighted by Crippen LogP contribution is 2.37. The average molecular weight is 446 g/mol. The van der Waals surface area contributed by atoms with E-state index in [4.69, 9.17) is 32.7 Å². The summed E-state index contributed by atoms with van der Waals surface area (Å²) in [6.07, 6.45) is 2.55. The second-order valence-electron chi connectivity index (χ2n) is 5.37. The molecular weight excluding hydrogens is 429 g/mol. The van der Waals surface area contributed by atoms with Crippen LogP contribution in [0.3, 0.4) is 0 Å². The van der Waals surface area contributed by atoms with Gasteiger partial charge >= 0.3 is 5.97 Å². The fourth-order valence-electron chi connectivity index (χ4n) is 2.30. The topological polar surface area (TPSA) is 90.9 Å². The number of anilines is 1. The predicted molar refractivity (Wildman–Crippen MR) is 108 cm³/mol. The van der Waals surface area contributed by atoms with Crippen LogP contribution in [0.25, 0.3) is 6.08 Å². The summed E-state index contributed by atoms with van der Waals surface area (Å²) >= 11 is 11.8. The molecule has 7 nitrogen and oxygen atoms in total. The third-order valence-corrected chi connectivity index (χ3v) is 5.31. The van der Waals surface area contributed by atoms with Gasteiger partial charge in [0.05, 0.1) is 27.0 Å². The number of hydrogen-bond acceptors (Lipinski definition) is 6. The van der Waals surface area contributed by atoms with Gasteiger partial charge in [0, 0.05) is 16.1 Å². The first-order valence-electron chi connectivity index (χ1n) is 7.71. The zero-order valence-electron chi connectivity index (χ0n) is 15.2. The van der Waals surface area contributed by atoms with Gasteiger partial charge in [0.15, 0.2) is 11.5 Å². The van der Waals surface area contributed by atoms with Crippen molar-refractivity contribution in [3.63, 3.8) is 0 Å². The van der Waals surface area contributed by atoms with Gasteiger partial charge in [0.25, 0.3) is 10.0 Å². The molecular formula is C18H17Cl2NO6S. The van der Waals surface area contributed by atoms with Gasteiger partial charge < -0.3 is 14.2 Å². The Morgan fingerprint density at radius 3 is 2.18 bits per heavy atom.